The summed E-state index contributed by atoms with van der Waals surface area (Å²) in [4.78, 5) is 4.41. The molecule has 0 bridgehead atoms. The van der Waals surface area contributed by atoms with Gasteiger partial charge in [0.05, 0.1) is 12.4 Å². The summed E-state index contributed by atoms with van der Waals surface area (Å²) in [5.41, 5.74) is 0. The van der Waals surface area contributed by atoms with E-state index in [-0.39, 0.29) is 5.75 Å². The van der Waals surface area contributed by atoms with Crippen LogP contribution in [0.5, 0.6) is 0 Å². The van der Waals surface area contributed by atoms with Gasteiger partial charge in [-0.25, -0.2) is 0 Å². The van der Waals surface area contributed by atoms with Crippen LogP contribution in [0, 0.1) is 0 Å². The lowest BCUT2D eigenvalue weighted by molar-refractivity contribution is 0.308. The highest BCUT2D eigenvalue weighted by atomic mass is 32.2. The molecule has 0 aliphatic carbocycles. The molecule has 0 spiro atoms. The first-order valence-corrected chi connectivity index (χ1v) is 6.18. The first kappa shape index (κ1) is 14.0. The number of hydrogen-bond acceptors (Lipinski definition) is 4. The molecule has 1 aliphatic rings. The Morgan fingerprint density at radius 3 is 2.27 bits per heavy atom. The van der Waals surface area contributed by atoms with Crippen molar-refractivity contribution in [2.75, 3.05) is 26.0 Å². The molecule has 0 unspecified atom stereocenters. The zero-order valence-electron chi connectivity index (χ0n) is 9.13. The van der Waals surface area contributed by atoms with Crippen molar-refractivity contribution in [3.05, 3.63) is 25.1 Å². The summed E-state index contributed by atoms with van der Waals surface area (Å²) in [6, 6.07) is 0. The minimum Gasteiger partial charge on any atom is -0.362 e. The van der Waals surface area contributed by atoms with E-state index in [0.717, 1.165) is 19.3 Å². The Morgan fingerprint density at radius 2 is 2.13 bits per heavy atom. The van der Waals surface area contributed by atoms with E-state index in [1.54, 1.807) is 0 Å². The topological polar surface area (TPSA) is 60.9 Å². The molecule has 0 aromatic heterocycles. The van der Waals surface area contributed by atoms with Gasteiger partial charge in [-0.2, -0.15) is 8.42 Å². The van der Waals surface area contributed by atoms with E-state index in [0.29, 0.717) is 0 Å². The van der Waals surface area contributed by atoms with Crippen molar-refractivity contribution >= 4 is 10.1 Å². The molecule has 0 saturated heterocycles. The van der Waals surface area contributed by atoms with E-state index in [9.17, 15) is 8.42 Å². The van der Waals surface area contributed by atoms with E-state index in [1.165, 1.54) is 0 Å². The molecule has 1 rings (SSSR count). The Morgan fingerprint density at radius 1 is 1.53 bits per heavy atom. The summed E-state index contributed by atoms with van der Waals surface area (Å²) in [6.07, 6.45) is 5.32. The average molecular weight is 234 g/mol. The minimum absolute atomic E-state index is 0.368. The SMILES string of the molecule is C=CCS(=O)(=O)O.CCN1C=CN(C)C1. The van der Waals surface area contributed by atoms with Gasteiger partial charge >= 0.3 is 0 Å². The quantitative estimate of drug-likeness (QED) is 0.576. The van der Waals surface area contributed by atoms with Crippen LogP contribution in [0.15, 0.2) is 25.1 Å². The van der Waals surface area contributed by atoms with Crippen LogP contribution in [0.4, 0.5) is 0 Å². The van der Waals surface area contributed by atoms with Gasteiger partial charge in [-0.1, -0.05) is 6.08 Å². The van der Waals surface area contributed by atoms with Crippen molar-refractivity contribution < 1.29 is 13.0 Å². The van der Waals surface area contributed by atoms with Crippen LogP contribution in [-0.4, -0.2) is 48.8 Å². The van der Waals surface area contributed by atoms with Gasteiger partial charge in [0, 0.05) is 26.0 Å². The molecular weight excluding hydrogens is 216 g/mol. The minimum atomic E-state index is -3.79. The molecule has 5 nitrogen and oxygen atoms in total. The van der Waals surface area contributed by atoms with E-state index < -0.39 is 10.1 Å². The molecular formula is C9H18N2O3S. The van der Waals surface area contributed by atoms with Gasteiger partial charge in [0.15, 0.2) is 0 Å². The van der Waals surface area contributed by atoms with Crippen LogP contribution in [-0.2, 0) is 10.1 Å². The van der Waals surface area contributed by atoms with Gasteiger partial charge in [-0.05, 0) is 6.92 Å². The summed E-state index contributed by atoms with van der Waals surface area (Å²) < 4.78 is 27.3. The van der Waals surface area contributed by atoms with Crippen LogP contribution in [0.1, 0.15) is 6.92 Å². The van der Waals surface area contributed by atoms with Crippen molar-refractivity contribution in [1.29, 1.82) is 0 Å². The molecule has 0 saturated carbocycles. The second-order valence-corrected chi connectivity index (χ2v) is 4.64. The predicted molar refractivity (Wildman–Crippen MR) is 60.8 cm³/mol. The molecule has 0 amide bonds. The van der Waals surface area contributed by atoms with Crippen LogP contribution in [0.2, 0.25) is 0 Å². The van der Waals surface area contributed by atoms with E-state index in [2.05, 4.69) is 42.8 Å². The first-order chi connectivity index (χ1) is 6.89. The molecule has 0 fully saturated rings. The van der Waals surface area contributed by atoms with E-state index in [1.807, 2.05) is 0 Å². The molecule has 0 radical (unpaired) electrons. The van der Waals surface area contributed by atoms with Gasteiger partial charge in [-0.3, -0.25) is 4.55 Å². The standard InChI is InChI=1S/C6H12N2.C3H6O3S/c1-3-8-5-4-7(2)6-8;1-2-3-7(4,5)6/h4-5H,3,6H2,1-2H3;2H,1,3H2,(H,4,5,6). The Bertz CT molecular complexity index is 311. The zero-order valence-corrected chi connectivity index (χ0v) is 9.94. The van der Waals surface area contributed by atoms with Gasteiger partial charge in [0.2, 0.25) is 0 Å². The maximum Gasteiger partial charge on any atom is 0.268 e. The highest BCUT2D eigenvalue weighted by Gasteiger charge is 2.03. The molecule has 1 heterocycles. The van der Waals surface area contributed by atoms with E-state index >= 15 is 0 Å². The summed E-state index contributed by atoms with van der Waals surface area (Å²) >= 11 is 0. The molecule has 0 aromatic carbocycles. The second kappa shape index (κ2) is 6.47. The van der Waals surface area contributed by atoms with E-state index in [4.69, 9.17) is 4.55 Å². The third-order valence-corrected chi connectivity index (χ3v) is 2.33. The highest BCUT2D eigenvalue weighted by Crippen LogP contribution is 2.00. The summed E-state index contributed by atoms with van der Waals surface area (Å²) in [5.74, 6) is -0.368. The van der Waals surface area contributed by atoms with Crippen molar-refractivity contribution in [3.8, 4) is 0 Å². The van der Waals surface area contributed by atoms with Crippen molar-refractivity contribution in [1.82, 2.24) is 9.80 Å². The summed E-state index contributed by atoms with van der Waals surface area (Å²) in [7, 11) is -1.72. The van der Waals surface area contributed by atoms with Gasteiger partial charge in [0.1, 0.15) is 0 Å². The Balaban J connectivity index is 0.000000265. The second-order valence-electron chi connectivity index (χ2n) is 3.14. The van der Waals surface area contributed by atoms with Crippen molar-refractivity contribution in [3.63, 3.8) is 0 Å². The molecule has 0 aromatic rings. The molecule has 15 heavy (non-hydrogen) atoms. The molecule has 1 aliphatic heterocycles. The highest BCUT2D eigenvalue weighted by molar-refractivity contribution is 7.85. The Hall–Kier alpha value is -1.01. The number of nitrogens with zero attached hydrogens (tertiary/aromatic N) is 2. The molecule has 6 heteroatoms. The van der Waals surface area contributed by atoms with Crippen molar-refractivity contribution in [2.45, 2.75) is 6.92 Å². The maximum atomic E-state index is 9.72. The fraction of sp³-hybridized carbons (Fsp3) is 0.556. The third-order valence-electron chi connectivity index (χ3n) is 1.67. The number of hydrogen-bond donors (Lipinski definition) is 1. The largest absolute Gasteiger partial charge is 0.362 e. The maximum absolute atomic E-state index is 9.72. The van der Waals surface area contributed by atoms with Gasteiger partial charge in [0.25, 0.3) is 10.1 Å². The average Bonchev–Trinajstić information content (AvgIpc) is 2.50. The number of rotatable bonds is 3. The Kier molecular flexibility index (Phi) is 6.03. The monoisotopic (exact) mass is 234 g/mol. The molecule has 1 N–H and O–H groups in total. The lowest BCUT2D eigenvalue weighted by Crippen LogP contribution is -2.21. The van der Waals surface area contributed by atoms with Crippen LogP contribution in [0.25, 0.3) is 0 Å². The lowest BCUT2D eigenvalue weighted by Gasteiger charge is -2.14. The first-order valence-electron chi connectivity index (χ1n) is 4.57. The normalized spacial score (nSPS) is 14.9. The van der Waals surface area contributed by atoms with Crippen LogP contribution < -0.4 is 0 Å². The molecule has 88 valence electrons. The smallest absolute Gasteiger partial charge is 0.268 e. The fourth-order valence-electron chi connectivity index (χ4n) is 0.943. The zero-order chi connectivity index (χ0) is 11.9. The molecule has 0 atom stereocenters. The summed E-state index contributed by atoms with van der Waals surface area (Å²) in [5, 5.41) is 0. The summed E-state index contributed by atoms with van der Waals surface area (Å²) in [6.45, 7) is 7.43. The third kappa shape index (κ3) is 8.02. The van der Waals surface area contributed by atoms with Crippen molar-refractivity contribution in [2.24, 2.45) is 0 Å². The van der Waals surface area contributed by atoms with Crippen LogP contribution in [0.3, 0.4) is 0 Å². The van der Waals surface area contributed by atoms with Gasteiger partial charge < -0.3 is 9.80 Å². The fourth-order valence-corrected chi connectivity index (χ4v) is 1.24. The predicted octanol–water partition coefficient (Wildman–Crippen LogP) is 0.743. The lowest BCUT2D eigenvalue weighted by atomic mass is 10.6. The van der Waals surface area contributed by atoms with Crippen LogP contribution >= 0.6 is 0 Å². The Labute approximate surface area is 91.4 Å². The van der Waals surface area contributed by atoms with Gasteiger partial charge in [-0.15, -0.1) is 6.58 Å².